The van der Waals surface area contributed by atoms with Crippen LogP contribution in [0.2, 0.25) is 5.02 Å². The standard InChI is InChI=1S/C20H18ClN3O2/c1-14-19(12-22)20(24(23-14)17-6-4-16(21)5-7-17)13-26-18-8-2-15(3-9-18)10-11-25/h2-9,25H,10-11,13H2,1H3. The van der Waals surface area contributed by atoms with Gasteiger partial charge in [0.2, 0.25) is 0 Å². The fourth-order valence-electron chi connectivity index (χ4n) is 2.68. The van der Waals surface area contributed by atoms with Crippen molar-refractivity contribution in [2.24, 2.45) is 0 Å². The second-order valence-electron chi connectivity index (χ2n) is 5.81. The predicted octanol–water partition coefficient (Wildman–Crippen LogP) is 3.82. The largest absolute Gasteiger partial charge is 0.487 e. The van der Waals surface area contributed by atoms with Gasteiger partial charge < -0.3 is 9.84 Å². The second kappa shape index (κ2) is 8.05. The lowest BCUT2D eigenvalue weighted by Gasteiger charge is -2.10. The topological polar surface area (TPSA) is 71.1 Å². The van der Waals surface area contributed by atoms with Crippen LogP contribution in [-0.2, 0) is 13.0 Å². The summed E-state index contributed by atoms with van der Waals surface area (Å²) in [6.45, 7) is 2.13. The number of hydrogen-bond donors (Lipinski definition) is 1. The minimum Gasteiger partial charge on any atom is -0.487 e. The molecule has 0 fully saturated rings. The number of nitriles is 1. The minimum atomic E-state index is 0.116. The molecule has 0 radical (unpaired) electrons. The number of benzene rings is 2. The van der Waals surface area contributed by atoms with Crippen molar-refractivity contribution in [3.63, 3.8) is 0 Å². The number of aliphatic hydroxyl groups excluding tert-OH is 1. The lowest BCUT2D eigenvalue weighted by Crippen LogP contribution is -2.07. The van der Waals surface area contributed by atoms with Crippen molar-refractivity contribution in [3.8, 4) is 17.5 Å². The van der Waals surface area contributed by atoms with Gasteiger partial charge in [-0.1, -0.05) is 23.7 Å². The van der Waals surface area contributed by atoms with Crippen LogP contribution < -0.4 is 4.74 Å². The van der Waals surface area contributed by atoms with Gasteiger partial charge in [0.15, 0.2) is 0 Å². The molecule has 0 aliphatic heterocycles. The molecule has 0 atom stereocenters. The summed E-state index contributed by atoms with van der Waals surface area (Å²) in [6, 6.07) is 17.0. The maximum atomic E-state index is 9.49. The summed E-state index contributed by atoms with van der Waals surface area (Å²) in [5, 5.41) is 23.6. The van der Waals surface area contributed by atoms with E-state index in [0.29, 0.717) is 34.1 Å². The highest BCUT2D eigenvalue weighted by atomic mass is 35.5. The highest BCUT2D eigenvalue weighted by Crippen LogP contribution is 2.22. The summed E-state index contributed by atoms with van der Waals surface area (Å²) >= 11 is 5.96. The second-order valence-corrected chi connectivity index (χ2v) is 6.25. The Morgan fingerprint density at radius 1 is 1.15 bits per heavy atom. The lowest BCUT2D eigenvalue weighted by molar-refractivity contribution is 0.295. The number of halogens is 1. The number of aryl methyl sites for hydroxylation is 1. The number of nitrogens with zero attached hydrogens (tertiary/aromatic N) is 3. The van der Waals surface area contributed by atoms with Crippen molar-refractivity contribution in [2.75, 3.05) is 6.61 Å². The summed E-state index contributed by atoms with van der Waals surface area (Å²) in [4.78, 5) is 0. The van der Waals surface area contributed by atoms with E-state index in [4.69, 9.17) is 21.4 Å². The van der Waals surface area contributed by atoms with Gasteiger partial charge in [-0.3, -0.25) is 0 Å². The van der Waals surface area contributed by atoms with Crippen LogP contribution in [0.25, 0.3) is 5.69 Å². The molecule has 0 aliphatic rings. The van der Waals surface area contributed by atoms with E-state index in [1.54, 1.807) is 23.7 Å². The maximum absolute atomic E-state index is 9.49. The third kappa shape index (κ3) is 3.88. The molecule has 0 bridgehead atoms. The fraction of sp³-hybridized carbons (Fsp3) is 0.200. The fourth-order valence-corrected chi connectivity index (χ4v) is 2.81. The number of rotatable bonds is 6. The zero-order chi connectivity index (χ0) is 18.5. The van der Waals surface area contributed by atoms with Crippen LogP contribution in [0.3, 0.4) is 0 Å². The Hall–Kier alpha value is -2.81. The highest BCUT2D eigenvalue weighted by molar-refractivity contribution is 6.30. The maximum Gasteiger partial charge on any atom is 0.132 e. The van der Waals surface area contributed by atoms with Gasteiger partial charge in [-0.15, -0.1) is 0 Å². The molecule has 0 aliphatic carbocycles. The molecule has 26 heavy (non-hydrogen) atoms. The van der Waals surface area contributed by atoms with Gasteiger partial charge in [0.1, 0.15) is 24.0 Å². The molecule has 3 rings (SSSR count). The van der Waals surface area contributed by atoms with Gasteiger partial charge in [0, 0.05) is 11.6 Å². The van der Waals surface area contributed by atoms with E-state index in [9.17, 15) is 5.26 Å². The van der Waals surface area contributed by atoms with E-state index < -0.39 is 0 Å². The van der Waals surface area contributed by atoms with Crippen molar-refractivity contribution >= 4 is 11.6 Å². The Morgan fingerprint density at radius 2 is 1.85 bits per heavy atom. The monoisotopic (exact) mass is 367 g/mol. The van der Waals surface area contributed by atoms with E-state index in [0.717, 1.165) is 11.3 Å². The molecule has 0 unspecified atom stereocenters. The Kier molecular flexibility index (Phi) is 5.57. The third-order valence-electron chi connectivity index (χ3n) is 4.04. The summed E-state index contributed by atoms with van der Waals surface area (Å²) < 4.78 is 7.58. The van der Waals surface area contributed by atoms with E-state index >= 15 is 0 Å². The quantitative estimate of drug-likeness (QED) is 0.719. The minimum absolute atomic E-state index is 0.116. The van der Waals surface area contributed by atoms with E-state index in [1.165, 1.54) is 0 Å². The first-order valence-electron chi connectivity index (χ1n) is 8.19. The normalized spacial score (nSPS) is 10.5. The molecular weight excluding hydrogens is 350 g/mol. The van der Waals surface area contributed by atoms with Crippen molar-refractivity contribution in [2.45, 2.75) is 20.0 Å². The molecule has 5 nitrogen and oxygen atoms in total. The van der Waals surface area contributed by atoms with Crippen molar-refractivity contribution < 1.29 is 9.84 Å². The van der Waals surface area contributed by atoms with E-state index in [2.05, 4.69) is 11.2 Å². The Bertz CT molecular complexity index is 925. The number of hydrogen-bond acceptors (Lipinski definition) is 4. The molecule has 1 aromatic heterocycles. The molecule has 6 heteroatoms. The van der Waals surface area contributed by atoms with Crippen molar-refractivity contribution in [1.82, 2.24) is 9.78 Å². The first-order chi connectivity index (χ1) is 12.6. The van der Waals surface area contributed by atoms with Crippen LogP contribution in [-0.4, -0.2) is 21.5 Å². The molecule has 0 saturated heterocycles. The Morgan fingerprint density at radius 3 is 2.46 bits per heavy atom. The van der Waals surface area contributed by atoms with Gasteiger partial charge in [-0.2, -0.15) is 10.4 Å². The smallest absolute Gasteiger partial charge is 0.132 e. The van der Waals surface area contributed by atoms with Gasteiger partial charge >= 0.3 is 0 Å². The van der Waals surface area contributed by atoms with Crippen molar-refractivity contribution in [3.05, 3.63) is 76.1 Å². The lowest BCUT2D eigenvalue weighted by atomic mass is 10.1. The molecule has 0 amide bonds. The van der Waals surface area contributed by atoms with Gasteiger partial charge in [-0.05, 0) is 55.3 Å². The predicted molar refractivity (Wildman–Crippen MR) is 99.6 cm³/mol. The zero-order valence-corrected chi connectivity index (χ0v) is 15.1. The van der Waals surface area contributed by atoms with Crippen LogP contribution in [0, 0.1) is 18.3 Å². The number of aromatic nitrogens is 2. The van der Waals surface area contributed by atoms with Crippen LogP contribution in [0.4, 0.5) is 0 Å². The molecule has 0 spiro atoms. The molecule has 0 saturated carbocycles. The van der Waals surface area contributed by atoms with Gasteiger partial charge in [-0.25, -0.2) is 4.68 Å². The molecule has 1 N–H and O–H groups in total. The summed E-state index contributed by atoms with van der Waals surface area (Å²) in [5.41, 5.74) is 3.71. The van der Waals surface area contributed by atoms with E-state index in [-0.39, 0.29) is 13.2 Å². The van der Waals surface area contributed by atoms with E-state index in [1.807, 2.05) is 36.4 Å². The summed E-state index contributed by atoms with van der Waals surface area (Å²) in [6.07, 6.45) is 0.612. The van der Waals surface area contributed by atoms with Gasteiger partial charge in [0.05, 0.1) is 17.1 Å². The average Bonchev–Trinajstić information content (AvgIpc) is 2.97. The first-order valence-corrected chi connectivity index (χ1v) is 8.57. The zero-order valence-electron chi connectivity index (χ0n) is 14.3. The average molecular weight is 368 g/mol. The van der Waals surface area contributed by atoms with Crippen molar-refractivity contribution in [1.29, 1.82) is 5.26 Å². The first kappa shape index (κ1) is 18.0. The SMILES string of the molecule is Cc1nn(-c2ccc(Cl)cc2)c(COc2ccc(CCO)cc2)c1C#N. The molecular formula is C20H18ClN3O2. The molecule has 3 aromatic rings. The summed E-state index contributed by atoms with van der Waals surface area (Å²) in [5.74, 6) is 0.692. The highest BCUT2D eigenvalue weighted by Gasteiger charge is 2.17. The van der Waals surface area contributed by atoms with Crippen LogP contribution in [0.15, 0.2) is 48.5 Å². The molecule has 1 heterocycles. The Labute approximate surface area is 157 Å². The Balaban J connectivity index is 1.86. The van der Waals surface area contributed by atoms with Crippen LogP contribution in [0.1, 0.15) is 22.5 Å². The summed E-state index contributed by atoms with van der Waals surface area (Å²) in [7, 11) is 0. The van der Waals surface area contributed by atoms with Crippen LogP contribution >= 0.6 is 11.6 Å². The molecule has 132 valence electrons. The van der Waals surface area contributed by atoms with Gasteiger partial charge in [0.25, 0.3) is 0 Å². The third-order valence-corrected chi connectivity index (χ3v) is 4.29. The van der Waals surface area contributed by atoms with Crippen LogP contribution in [0.5, 0.6) is 5.75 Å². The number of ether oxygens (including phenoxy) is 1. The molecule has 2 aromatic carbocycles. The number of aliphatic hydroxyl groups is 1.